The minimum absolute atomic E-state index is 0.00338. The summed E-state index contributed by atoms with van der Waals surface area (Å²) in [6, 6.07) is -0.626. The van der Waals surface area contributed by atoms with Crippen molar-refractivity contribution in [3.8, 4) is 0 Å². The molecule has 460 valence electrons. The second-order valence-corrected chi connectivity index (χ2v) is 24.2. The molecule has 0 fully saturated rings. The van der Waals surface area contributed by atoms with E-state index in [9.17, 15) is 19.8 Å². The molecule has 0 rings (SSSR count). The van der Waals surface area contributed by atoms with Gasteiger partial charge in [0.2, 0.25) is 5.91 Å². The Morgan fingerprint density at radius 2 is 0.667 bits per heavy atom. The summed E-state index contributed by atoms with van der Waals surface area (Å²) in [7, 11) is 0. The van der Waals surface area contributed by atoms with E-state index in [1.165, 1.54) is 308 Å². The molecule has 2 atom stereocenters. The van der Waals surface area contributed by atoms with Crippen LogP contribution in [0.1, 0.15) is 386 Å². The Balaban J connectivity index is 3.38. The van der Waals surface area contributed by atoms with Crippen molar-refractivity contribution in [1.29, 1.82) is 0 Å². The van der Waals surface area contributed by atoms with E-state index >= 15 is 0 Å². The highest BCUT2D eigenvalue weighted by Crippen LogP contribution is 2.19. The van der Waals surface area contributed by atoms with Crippen molar-refractivity contribution in [3.63, 3.8) is 0 Å². The zero-order valence-electron chi connectivity index (χ0n) is 52.7. The average molecular weight is 1100 g/mol. The number of rotatable bonds is 66. The second-order valence-electron chi connectivity index (χ2n) is 24.2. The second kappa shape index (κ2) is 67.6. The molecule has 0 saturated carbocycles. The molecule has 0 saturated heterocycles. The van der Waals surface area contributed by atoms with Crippen molar-refractivity contribution in [2.75, 3.05) is 13.2 Å². The lowest BCUT2D eigenvalue weighted by Crippen LogP contribution is -2.45. The largest absolute Gasteiger partial charge is 0.466 e. The molecule has 6 heteroatoms. The maximum atomic E-state index is 12.5. The average Bonchev–Trinajstić information content (AvgIpc) is 3.44. The van der Waals surface area contributed by atoms with E-state index in [0.29, 0.717) is 19.4 Å². The molecule has 78 heavy (non-hydrogen) atoms. The molecule has 0 aliphatic heterocycles. The molecule has 0 bridgehead atoms. The van der Waals surface area contributed by atoms with Crippen LogP contribution in [0.25, 0.3) is 0 Å². The van der Waals surface area contributed by atoms with Crippen LogP contribution in [-0.4, -0.2) is 47.4 Å². The molecule has 0 spiro atoms. The minimum Gasteiger partial charge on any atom is -0.466 e. The normalized spacial score (nSPS) is 12.7. The number of unbranched alkanes of at least 4 members (excludes halogenated alkanes) is 51. The van der Waals surface area contributed by atoms with Crippen molar-refractivity contribution in [2.24, 2.45) is 0 Å². The maximum Gasteiger partial charge on any atom is 0.305 e. The smallest absolute Gasteiger partial charge is 0.305 e. The number of hydrogen-bond donors (Lipinski definition) is 3. The summed E-state index contributed by atoms with van der Waals surface area (Å²) in [5, 5.41) is 23.2. The summed E-state index contributed by atoms with van der Waals surface area (Å²) < 4.78 is 5.48. The first kappa shape index (κ1) is 76.1. The van der Waals surface area contributed by atoms with E-state index in [0.717, 1.165) is 51.4 Å². The third-order valence-corrected chi connectivity index (χ3v) is 16.4. The van der Waals surface area contributed by atoms with Gasteiger partial charge in [0.05, 0.1) is 25.4 Å². The molecule has 0 aromatic carbocycles. The number of hydrogen-bond acceptors (Lipinski definition) is 5. The number of esters is 1. The highest BCUT2D eigenvalue weighted by molar-refractivity contribution is 5.76. The fraction of sp³-hybridized carbons (Fsp3) is 0.889. The Bertz CT molecular complexity index is 1260. The summed E-state index contributed by atoms with van der Waals surface area (Å²) in [5.74, 6) is -0.0580. The lowest BCUT2D eigenvalue weighted by molar-refractivity contribution is -0.143. The van der Waals surface area contributed by atoms with Gasteiger partial charge in [0.25, 0.3) is 0 Å². The predicted octanol–water partition coefficient (Wildman–Crippen LogP) is 22.7. The Hall–Kier alpha value is -1.92. The molecule has 0 heterocycles. The topological polar surface area (TPSA) is 95.9 Å². The fourth-order valence-corrected chi connectivity index (χ4v) is 11.0. The molecule has 3 N–H and O–H groups in total. The number of amides is 1. The van der Waals surface area contributed by atoms with Crippen LogP contribution in [0.15, 0.2) is 36.5 Å². The molecule has 1 amide bonds. The molecule has 0 aliphatic carbocycles. The quantitative estimate of drug-likeness (QED) is 0.0320. The standard InChI is InChI=1S/C72H137NO5/c1-3-5-7-9-11-13-15-17-18-19-20-31-34-37-41-44-48-52-56-60-64-70(75)69(68-74)73-71(76)65-61-57-53-49-45-42-38-35-32-29-27-25-23-21-22-24-26-28-30-33-36-39-43-47-51-55-59-63-67-78-72(77)66-62-58-54-50-46-40-16-14-12-10-8-6-4-2/h8,10,14,16,60,64,69-70,74-75H,3-7,9,11-13,15,17-59,61-63,65-68H2,1-2H3,(H,73,76)/b10-8-,16-14-,64-60+. The highest BCUT2D eigenvalue weighted by atomic mass is 16.5. The molecule has 2 unspecified atom stereocenters. The summed E-state index contributed by atoms with van der Waals surface area (Å²) >= 11 is 0. The van der Waals surface area contributed by atoms with Gasteiger partial charge in [-0.2, -0.15) is 0 Å². The van der Waals surface area contributed by atoms with Gasteiger partial charge in [-0.05, 0) is 57.8 Å². The molecule has 0 aromatic rings. The van der Waals surface area contributed by atoms with Crippen LogP contribution in [-0.2, 0) is 14.3 Å². The lowest BCUT2D eigenvalue weighted by Gasteiger charge is -2.20. The third kappa shape index (κ3) is 63.3. The molecule has 0 aliphatic rings. The van der Waals surface area contributed by atoms with Crippen LogP contribution >= 0.6 is 0 Å². The van der Waals surface area contributed by atoms with Gasteiger partial charge < -0.3 is 20.3 Å². The zero-order valence-corrected chi connectivity index (χ0v) is 52.7. The van der Waals surface area contributed by atoms with Crippen molar-refractivity contribution < 1.29 is 24.5 Å². The first-order chi connectivity index (χ1) is 38.5. The Labute approximate surface area is 487 Å². The number of carbonyl (C=O) groups is 2. The van der Waals surface area contributed by atoms with Crippen LogP contribution in [0.5, 0.6) is 0 Å². The summed E-state index contributed by atoms with van der Waals surface area (Å²) in [6.45, 7) is 4.87. The van der Waals surface area contributed by atoms with Gasteiger partial charge in [0, 0.05) is 12.8 Å². The Kier molecular flexibility index (Phi) is 65.9. The number of aliphatic hydroxyl groups is 2. The molecule has 0 aromatic heterocycles. The van der Waals surface area contributed by atoms with Gasteiger partial charge >= 0.3 is 5.97 Å². The van der Waals surface area contributed by atoms with Crippen molar-refractivity contribution in [3.05, 3.63) is 36.5 Å². The molecular formula is C72H137NO5. The molecule has 6 nitrogen and oxygen atoms in total. The number of aliphatic hydroxyl groups excluding tert-OH is 2. The van der Waals surface area contributed by atoms with Crippen LogP contribution in [0, 0.1) is 0 Å². The van der Waals surface area contributed by atoms with Crippen LogP contribution in [0.3, 0.4) is 0 Å². The van der Waals surface area contributed by atoms with Crippen molar-refractivity contribution in [1.82, 2.24) is 5.32 Å². The van der Waals surface area contributed by atoms with Gasteiger partial charge in [-0.25, -0.2) is 0 Å². The summed E-state index contributed by atoms with van der Waals surface area (Å²) in [5.41, 5.74) is 0. The first-order valence-electron chi connectivity index (χ1n) is 35.3. The Morgan fingerprint density at radius 3 is 1.03 bits per heavy atom. The van der Waals surface area contributed by atoms with Crippen molar-refractivity contribution in [2.45, 2.75) is 398 Å². The van der Waals surface area contributed by atoms with Gasteiger partial charge in [-0.3, -0.25) is 9.59 Å². The van der Waals surface area contributed by atoms with Crippen LogP contribution in [0.2, 0.25) is 0 Å². The van der Waals surface area contributed by atoms with Gasteiger partial charge in [-0.1, -0.05) is 352 Å². The number of carbonyl (C=O) groups excluding carboxylic acids is 2. The fourth-order valence-electron chi connectivity index (χ4n) is 11.0. The number of allylic oxidation sites excluding steroid dienone is 5. The van der Waals surface area contributed by atoms with Gasteiger partial charge in [0.15, 0.2) is 0 Å². The van der Waals surface area contributed by atoms with Crippen LogP contribution in [0.4, 0.5) is 0 Å². The van der Waals surface area contributed by atoms with Gasteiger partial charge in [-0.15, -0.1) is 0 Å². The van der Waals surface area contributed by atoms with Crippen LogP contribution < -0.4 is 5.32 Å². The minimum atomic E-state index is -0.843. The third-order valence-electron chi connectivity index (χ3n) is 16.4. The monoisotopic (exact) mass is 1100 g/mol. The Morgan fingerprint density at radius 1 is 0.359 bits per heavy atom. The van der Waals surface area contributed by atoms with Crippen molar-refractivity contribution >= 4 is 11.9 Å². The SMILES string of the molecule is CCC/C=C\C/C=C\CCCCCCCC(=O)OCCCCCCCCCCCCCCCCCCCCCCCCCCCCCCC(=O)NC(CO)C(O)/C=C/CCCCCCCCCCCCCCCCCCCC. The summed E-state index contributed by atoms with van der Waals surface area (Å²) in [6.07, 6.45) is 86.5. The lowest BCUT2D eigenvalue weighted by atomic mass is 10.0. The molecular weight excluding hydrogens is 959 g/mol. The van der Waals surface area contributed by atoms with E-state index in [1.54, 1.807) is 6.08 Å². The van der Waals surface area contributed by atoms with E-state index in [4.69, 9.17) is 4.74 Å². The van der Waals surface area contributed by atoms with E-state index in [1.807, 2.05) is 6.08 Å². The predicted molar refractivity (Wildman–Crippen MR) is 343 cm³/mol. The number of nitrogens with one attached hydrogen (secondary N) is 1. The van der Waals surface area contributed by atoms with E-state index in [-0.39, 0.29) is 18.5 Å². The maximum absolute atomic E-state index is 12.5. The number of ether oxygens (including phenoxy) is 1. The molecule has 0 radical (unpaired) electrons. The van der Waals surface area contributed by atoms with Gasteiger partial charge in [0.1, 0.15) is 0 Å². The van der Waals surface area contributed by atoms with E-state index < -0.39 is 12.1 Å². The zero-order chi connectivity index (χ0) is 56.4. The van der Waals surface area contributed by atoms with E-state index in [2.05, 4.69) is 43.5 Å². The summed E-state index contributed by atoms with van der Waals surface area (Å²) in [4.78, 5) is 24.6. The first-order valence-corrected chi connectivity index (χ1v) is 35.3. The highest BCUT2D eigenvalue weighted by Gasteiger charge is 2.18.